The summed E-state index contributed by atoms with van der Waals surface area (Å²) >= 11 is 0. The molecule has 6 heteroatoms. The van der Waals surface area contributed by atoms with Gasteiger partial charge in [-0.2, -0.15) is 0 Å². The minimum Gasteiger partial charge on any atom is -0.447 e. The number of nitrogens with zero attached hydrogens (tertiary/aromatic N) is 1. The number of carbonyl (C=O) groups excluding carboxylic acids is 1. The van der Waals surface area contributed by atoms with Crippen molar-refractivity contribution in [1.82, 2.24) is 4.90 Å². The lowest BCUT2D eigenvalue weighted by atomic mass is 9.95. The second kappa shape index (κ2) is 2.83. The molecule has 0 saturated carbocycles. The fourth-order valence-corrected chi connectivity index (χ4v) is 1.72. The van der Waals surface area contributed by atoms with Crippen LogP contribution in [0, 0.1) is 0 Å². The fourth-order valence-electron chi connectivity index (χ4n) is 1.72. The molecular formula is C7H11NO5. The molecule has 2 saturated heterocycles. The predicted molar refractivity (Wildman–Crippen MR) is 39.9 cm³/mol. The summed E-state index contributed by atoms with van der Waals surface area (Å²) < 4.78 is 4.67. The molecule has 2 aliphatic heterocycles. The number of aliphatic hydroxyl groups is 3. The van der Waals surface area contributed by atoms with Crippen molar-refractivity contribution in [2.75, 3.05) is 13.2 Å². The van der Waals surface area contributed by atoms with E-state index in [1.165, 1.54) is 4.90 Å². The third-order valence-electron chi connectivity index (χ3n) is 2.53. The van der Waals surface area contributed by atoms with E-state index in [1.54, 1.807) is 0 Å². The number of amides is 1. The molecule has 0 aliphatic carbocycles. The molecule has 2 heterocycles. The van der Waals surface area contributed by atoms with Crippen LogP contribution in [-0.2, 0) is 4.74 Å². The number of piperidine rings is 1. The molecule has 3 N–H and O–H groups in total. The maximum atomic E-state index is 11.0. The van der Waals surface area contributed by atoms with E-state index in [0.29, 0.717) is 0 Å². The Balaban J connectivity index is 2.18. The van der Waals surface area contributed by atoms with Gasteiger partial charge in [0.2, 0.25) is 0 Å². The first-order chi connectivity index (χ1) is 6.11. The number of carbonyl (C=O) groups is 1. The fraction of sp³-hybridized carbons (Fsp3) is 0.857. The number of fused-ring (bicyclic) bond motifs is 1. The van der Waals surface area contributed by atoms with Crippen LogP contribution in [0.4, 0.5) is 4.79 Å². The topological polar surface area (TPSA) is 90.2 Å². The highest BCUT2D eigenvalue weighted by molar-refractivity contribution is 5.70. The summed E-state index contributed by atoms with van der Waals surface area (Å²) in [4.78, 5) is 12.2. The SMILES string of the molecule is O=C1OC[C@@H]2[C@@H](O)[C@H](O)[C@@H](O)CN12. The summed E-state index contributed by atoms with van der Waals surface area (Å²) in [6.07, 6.45) is -3.97. The van der Waals surface area contributed by atoms with Gasteiger partial charge in [-0.25, -0.2) is 4.79 Å². The molecule has 2 aliphatic rings. The van der Waals surface area contributed by atoms with Crippen LogP contribution >= 0.6 is 0 Å². The predicted octanol–water partition coefficient (Wildman–Crippen LogP) is -2.10. The standard InChI is InChI=1S/C7H11NO5/c9-4-1-8-3(2-13-7(8)12)5(10)6(4)11/h3-6,9-11H,1-2H2/t3-,4+,5-,6-/m1/s1. The van der Waals surface area contributed by atoms with Crippen LogP contribution in [0.3, 0.4) is 0 Å². The van der Waals surface area contributed by atoms with E-state index < -0.39 is 30.4 Å². The van der Waals surface area contributed by atoms with Crippen LogP contribution in [0.5, 0.6) is 0 Å². The summed E-state index contributed by atoms with van der Waals surface area (Å²) in [5.74, 6) is 0. The maximum Gasteiger partial charge on any atom is 0.410 e. The molecule has 0 unspecified atom stereocenters. The van der Waals surface area contributed by atoms with Crippen LogP contribution in [0.15, 0.2) is 0 Å². The molecule has 0 bridgehead atoms. The van der Waals surface area contributed by atoms with Gasteiger partial charge in [0.25, 0.3) is 0 Å². The van der Waals surface area contributed by atoms with E-state index in [9.17, 15) is 20.1 Å². The van der Waals surface area contributed by atoms with Gasteiger partial charge >= 0.3 is 6.09 Å². The summed E-state index contributed by atoms with van der Waals surface area (Å²) in [5, 5.41) is 28.0. The average Bonchev–Trinajstić information content (AvgIpc) is 2.45. The third-order valence-corrected chi connectivity index (χ3v) is 2.53. The van der Waals surface area contributed by atoms with Crippen molar-refractivity contribution >= 4 is 6.09 Å². The highest BCUT2D eigenvalue weighted by atomic mass is 16.6. The highest BCUT2D eigenvalue weighted by Crippen LogP contribution is 2.24. The first-order valence-electron chi connectivity index (χ1n) is 4.09. The third kappa shape index (κ3) is 1.18. The molecule has 0 radical (unpaired) electrons. The smallest absolute Gasteiger partial charge is 0.410 e. The number of hydrogen-bond donors (Lipinski definition) is 3. The van der Waals surface area contributed by atoms with Crippen molar-refractivity contribution in [1.29, 1.82) is 0 Å². The summed E-state index contributed by atoms with van der Waals surface area (Å²) in [5.41, 5.74) is 0. The van der Waals surface area contributed by atoms with Crippen LogP contribution in [0.25, 0.3) is 0 Å². The zero-order chi connectivity index (χ0) is 9.59. The Bertz CT molecular complexity index is 233. The van der Waals surface area contributed by atoms with E-state index in [0.717, 1.165) is 0 Å². The molecule has 74 valence electrons. The molecule has 2 fully saturated rings. The lowest BCUT2D eigenvalue weighted by molar-refractivity contribution is -0.117. The highest BCUT2D eigenvalue weighted by Gasteiger charge is 2.47. The van der Waals surface area contributed by atoms with Crippen LogP contribution in [0.2, 0.25) is 0 Å². The van der Waals surface area contributed by atoms with Crippen molar-refractivity contribution in [3.8, 4) is 0 Å². The second-order valence-corrected chi connectivity index (χ2v) is 3.35. The van der Waals surface area contributed by atoms with Gasteiger partial charge in [0.05, 0.1) is 12.6 Å². The van der Waals surface area contributed by atoms with E-state index in [1.807, 2.05) is 0 Å². The summed E-state index contributed by atoms with van der Waals surface area (Å²) in [7, 11) is 0. The van der Waals surface area contributed by atoms with E-state index in [2.05, 4.69) is 4.74 Å². The van der Waals surface area contributed by atoms with E-state index >= 15 is 0 Å². The zero-order valence-electron chi connectivity index (χ0n) is 6.83. The van der Waals surface area contributed by atoms with Gasteiger partial charge in [-0.15, -0.1) is 0 Å². The Labute approximate surface area is 74.3 Å². The van der Waals surface area contributed by atoms with Gasteiger partial charge in [0, 0.05) is 0 Å². The van der Waals surface area contributed by atoms with Crippen LogP contribution in [0.1, 0.15) is 0 Å². The van der Waals surface area contributed by atoms with E-state index in [4.69, 9.17) is 0 Å². The molecule has 6 nitrogen and oxygen atoms in total. The molecule has 13 heavy (non-hydrogen) atoms. The van der Waals surface area contributed by atoms with Crippen molar-refractivity contribution < 1.29 is 24.9 Å². The Morgan fingerprint density at radius 2 is 2.00 bits per heavy atom. The van der Waals surface area contributed by atoms with Gasteiger partial charge in [0.1, 0.15) is 24.9 Å². The average molecular weight is 189 g/mol. The lowest BCUT2D eigenvalue weighted by Gasteiger charge is -2.37. The van der Waals surface area contributed by atoms with Gasteiger partial charge < -0.3 is 20.1 Å². The summed E-state index contributed by atoms with van der Waals surface area (Å²) in [6.45, 7) is 0.0888. The molecule has 4 atom stereocenters. The molecule has 0 spiro atoms. The van der Waals surface area contributed by atoms with Crippen molar-refractivity contribution in [3.05, 3.63) is 0 Å². The molecule has 0 aromatic heterocycles. The maximum absolute atomic E-state index is 11.0. The second-order valence-electron chi connectivity index (χ2n) is 3.35. The molecular weight excluding hydrogens is 178 g/mol. The number of rotatable bonds is 0. The normalized spacial score (nSPS) is 44.5. The van der Waals surface area contributed by atoms with E-state index in [-0.39, 0.29) is 13.2 Å². The lowest BCUT2D eigenvalue weighted by Crippen LogP contribution is -2.60. The van der Waals surface area contributed by atoms with Gasteiger partial charge in [-0.3, -0.25) is 4.90 Å². The molecule has 0 aromatic rings. The zero-order valence-corrected chi connectivity index (χ0v) is 6.83. The monoisotopic (exact) mass is 189 g/mol. The summed E-state index contributed by atoms with van der Waals surface area (Å²) in [6, 6.07) is -0.522. The first kappa shape index (κ1) is 8.74. The van der Waals surface area contributed by atoms with Crippen LogP contribution in [-0.4, -0.2) is 63.8 Å². The number of ether oxygens (including phenoxy) is 1. The number of hydrogen-bond acceptors (Lipinski definition) is 5. The van der Waals surface area contributed by atoms with Crippen molar-refractivity contribution in [2.45, 2.75) is 24.4 Å². The number of cyclic esters (lactones) is 1. The number of aliphatic hydroxyl groups excluding tert-OH is 3. The first-order valence-corrected chi connectivity index (χ1v) is 4.09. The minimum atomic E-state index is -1.20. The van der Waals surface area contributed by atoms with Gasteiger partial charge in [-0.1, -0.05) is 0 Å². The van der Waals surface area contributed by atoms with Crippen LogP contribution < -0.4 is 0 Å². The van der Waals surface area contributed by atoms with Crippen molar-refractivity contribution in [3.63, 3.8) is 0 Å². The van der Waals surface area contributed by atoms with Gasteiger partial charge in [-0.05, 0) is 0 Å². The Morgan fingerprint density at radius 3 is 2.69 bits per heavy atom. The van der Waals surface area contributed by atoms with Crippen molar-refractivity contribution in [2.24, 2.45) is 0 Å². The molecule has 2 rings (SSSR count). The molecule has 1 amide bonds. The van der Waals surface area contributed by atoms with Gasteiger partial charge in [0.15, 0.2) is 0 Å². The largest absolute Gasteiger partial charge is 0.447 e. The molecule has 0 aromatic carbocycles. The minimum absolute atomic E-state index is 0.0156. The Hall–Kier alpha value is -0.850. The quantitative estimate of drug-likeness (QED) is 0.406. The Kier molecular flexibility index (Phi) is 1.90. The Morgan fingerprint density at radius 1 is 1.31 bits per heavy atom.